The predicted molar refractivity (Wildman–Crippen MR) is 68.0 cm³/mol. The molecule has 1 aliphatic rings. The van der Waals surface area contributed by atoms with E-state index in [4.69, 9.17) is 4.74 Å². The van der Waals surface area contributed by atoms with Gasteiger partial charge in [-0.05, 0) is 48.3 Å². The zero-order chi connectivity index (χ0) is 11.6. The maximum atomic E-state index is 5.92. The fourth-order valence-electron chi connectivity index (χ4n) is 2.19. The minimum atomic E-state index is 0.359. The fraction of sp³-hybridized carbons (Fsp3) is 0.600. The third-order valence-electron chi connectivity index (χ3n) is 3.21. The number of rotatable bonds is 3. The highest BCUT2D eigenvalue weighted by molar-refractivity contribution is 5.42. The minimum Gasteiger partial charge on any atom is -0.493 e. The molecule has 0 aromatic heterocycles. The van der Waals surface area contributed by atoms with Crippen LogP contribution in [0, 0.1) is 5.41 Å². The second-order valence-corrected chi connectivity index (χ2v) is 5.91. The van der Waals surface area contributed by atoms with E-state index in [1.165, 1.54) is 30.4 Å². The number of benzene rings is 1. The highest BCUT2D eigenvalue weighted by Gasteiger charge is 2.16. The lowest BCUT2D eigenvalue weighted by molar-refractivity contribution is 0.241. The Hall–Kier alpha value is -0.980. The third kappa shape index (κ3) is 2.78. The molecule has 2 rings (SSSR count). The number of hydrogen-bond donors (Lipinski definition) is 0. The Bertz CT molecular complexity index is 360. The van der Waals surface area contributed by atoms with Crippen molar-refractivity contribution in [1.82, 2.24) is 0 Å². The van der Waals surface area contributed by atoms with Crippen LogP contribution in [0.25, 0.3) is 0 Å². The molecule has 0 unspecified atom stereocenters. The molecular formula is C15H22O. The van der Waals surface area contributed by atoms with Crippen LogP contribution >= 0.6 is 0 Å². The second kappa shape index (κ2) is 4.48. The summed E-state index contributed by atoms with van der Waals surface area (Å²) in [6.07, 6.45) is 4.82. The molecule has 0 amide bonds. The zero-order valence-corrected chi connectivity index (χ0v) is 10.7. The molecule has 1 aromatic carbocycles. The first-order valence-corrected chi connectivity index (χ1v) is 6.30. The second-order valence-electron chi connectivity index (χ2n) is 5.91. The van der Waals surface area contributed by atoms with Crippen molar-refractivity contribution >= 4 is 0 Å². The summed E-state index contributed by atoms with van der Waals surface area (Å²) in [6, 6.07) is 6.47. The lowest BCUT2D eigenvalue weighted by Crippen LogP contribution is -2.11. The highest BCUT2D eigenvalue weighted by atomic mass is 16.5. The smallest absolute Gasteiger partial charge is 0.122 e. The molecule has 88 valence electrons. The quantitative estimate of drug-likeness (QED) is 0.745. The van der Waals surface area contributed by atoms with Crippen LogP contribution < -0.4 is 4.74 Å². The SMILES string of the molecule is CC(C)(C)CCOc1cccc2c1CCC2. The molecule has 0 saturated carbocycles. The van der Waals surface area contributed by atoms with Crippen molar-refractivity contribution < 1.29 is 4.74 Å². The van der Waals surface area contributed by atoms with E-state index in [0.29, 0.717) is 5.41 Å². The van der Waals surface area contributed by atoms with Gasteiger partial charge in [-0.15, -0.1) is 0 Å². The van der Waals surface area contributed by atoms with Crippen LogP contribution in [0.3, 0.4) is 0 Å². The van der Waals surface area contributed by atoms with Crippen LogP contribution in [-0.4, -0.2) is 6.61 Å². The van der Waals surface area contributed by atoms with Gasteiger partial charge in [-0.2, -0.15) is 0 Å². The zero-order valence-electron chi connectivity index (χ0n) is 10.7. The average molecular weight is 218 g/mol. The monoisotopic (exact) mass is 218 g/mol. The molecule has 0 atom stereocenters. The molecule has 1 heteroatoms. The van der Waals surface area contributed by atoms with E-state index in [1.807, 2.05) is 0 Å². The molecule has 0 bridgehead atoms. The lowest BCUT2D eigenvalue weighted by Gasteiger charge is -2.19. The van der Waals surface area contributed by atoms with Crippen molar-refractivity contribution in [2.24, 2.45) is 5.41 Å². The van der Waals surface area contributed by atoms with Crippen LogP contribution in [0.1, 0.15) is 44.7 Å². The molecule has 0 spiro atoms. The van der Waals surface area contributed by atoms with Crippen molar-refractivity contribution in [3.8, 4) is 5.75 Å². The van der Waals surface area contributed by atoms with Crippen LogP contribution in [0.15, 0.2) is 18.2 Å². The van der Waals surface area contributed by atoms with Gasteiger partial charge in [-0.3, -0.25) is 0 Å². The molecule has 0 fully saturated rings. The fourth-order valence-corrected chi connectivity index (χ4v) is 2.19. The van der Waals surface area contributed by atoms with E-state index >= 15 is 0 Å². The van der Waals surface area contributed by atoms with Crippen molar-refractivity contribution in [1.29, 1.82) is 0 Å². The van der Waals surface area contributed by atoms with Gasteiger partial charge in [0.2, 0.25) is 0 Å². The van der Waals surface area contributed by atoms with Gasteiger partial charge < -0.3 is 4.74 Å². The summed E-state index contributed by atoms with van der Waals surface area (Å²) >= 11 is 0. The van der Waals surface area contributed by atoms with E-state index in [1.54, 1.807) is 0 Å². The van der Waals surface area contributed by atoms with Gasteiger partial charge in [-0.1, -0.05) is 32.9 Å². The Kier molecular flexibility index (Phi) is 3.22. The summed E-state index contributed by atoms with van der Waals surface area (Å²) in [5, 5.41) is 0. The highest BCUT2D eigenvalue weighted by Crippen LogP contribution is 2.31. The lowest BCUT2D eigenvalue weighted by atomic mass is 9.93. The van der Waals surface area contributed by atoms with Gasteiger partial charge in [0.25, 0.3) is 0 Å². The normalized spacial score (nSPS) is 14.9. The Balaban J connectivity index is 1.98. The summed E-state index contributed by atoms with van der Waals surface area (Å²) < 4.78 is 5.92. The van der Waals surface area contributed by atoms with Crippen molar-refractivity contribution in [3.05, 3.63) is 29.3 Å². The van der Waals surface area contributed by atoms with Gasteiger partial charge in [0.1, 0.15) is 5.75 Å². The first-order valence-electron chi connectivity index (χ1n) is 6.30. The molecular weight excluding hydrogens is 196 g/mol. The maximum Gasteiger partial charge on any atom is 0.122 e. The largest absolute Gasteiger partial charge is 0.493 e. The Morgan fingerprint density at radius 3 is 2.75 bits per heavy atom. The van der Waals surface area contributed by atoms with Gasteiger partial charge in [0, 0.05) is 0 Å². The standard InChI is InChI=1S/C15H22O/c1-15(2,3)10-11-16-14-9-5-7-12-6-4-8-13(12)14/h5,7,9H,4,6,8,10-11H2,1-3H3. The third-order valence-corrected chi connectivity index (χ3v) is 3.21. The summed E-state index contributed by atoms with van der Waals surface area (Å²) in [4.78, 5) is 0. The minimum absolute atomic E-state index is 0.359. The number of aryl methyl sites for hydroxylation is 1. The van der Waals surface area contributed by atoms with Crippen molar-refractivity contribution in [2.45, 2.75) is 46.5 Å². The van der Waals surface area contributed by atoms with Crippen molar-refractivity contribution in [3.63, 3.8) is 0 Å². The molecule has 0 radical (unpaired) electrons. The van der Waals surface area contributed by atoms with Crippen LogP contribution in [0.2, 0.25) is 0 Å². The first kappa shape index (κ1) is 11.5. The van der Waals surface area contributed by atoms with Gasteiger partial charge in [-0.25, -0.2) is 0 Å². The van der Waals surface area contributed by atoms with E-state index in [0.717, 1.165) is 18.8 Å². The maximum absolute atomic E-state index is 5.92. The van der Waals surface area contributed by atoms with Crippen molar-refractivity contribution in [2.75, 3.05) is 6.61 Å². The molecule has 16 heavy (non-hydrogen) atoms. The Labute approximate surface area is 98.8 Å². The summed E-state index contributed by atoms with van der Waals surface area (Å²) in [6.45, 7) is 7.60. The predicted octanol–water partition coefficient (Wildman–Crippen LogP) is 3.99. The molecule has 1 aliphatic carbocycles. The molecule has 0 saturated heterocycles. The van der Waals surface area contributed by atoms with Gasteiger partial charge in [0.15, 0.2) is 0 Å². The first-order chi connectivity index (χ1) is 7.56. The summed E-state index contributed by atoms with van der Waals surface area (Å²) in [7, 11) is 0. The molecule has 0 aliphatic heterocycles. The van der Waals surface area contributed by atoms with E-state index in [2.05, 4.69) is 39.0 Å². The molecule has 1 nitrogen and oxygen atoms in total. The summed E-state index contributed by atoms with van der Waals surface area (Å²) in [5.41, 5.74) is 3.31. The van der Waals surface area contributed by atoms with E-state index in [9.17, 15) is 0 Å². The number of fused-ring (bicyclic) bond motifs is 1. The Morgan fingerprint density at radius 2 is 2.00 bits per heavy atom. The molecule has 1 aromatic rings. The average Bonchev–Trinajstić information content (AvgIpc) is 2.64. The Morgan fingerprint density at radius 1 is 1.19 bits per heavy atom. The number of hydrogen-bond acceptors (Lipinski definition) is 1. The van der Waals surface area contributed by atoms with Gasteiger partial charge in [0.05, 0.1) is 6.61 Å². The van der Waals surface area contributed by atoms with Crippen LogP contribution in [0.5, 0.6) is 5.75 Å². The van der Waals surface area contributed by atoms with E-state index in [-0.39, 0.29) is 0 Å². The number of ether oxygens (including phenoxy) is 1. The van der Waals surface area contributed by atoms with Gasteiger partial charge >= 0.3 is 0 Å². The van der Waals surface area contributed by atoms with Crippen LogP contribution in [0.4, 0.5) is 0 Å². The summed E-state index contributed by atoms with van der Waals surface area (Å²) in [5.74, 6) is 1.12. The molecule has 0 N–H and O–H groups in total. The topological polar surface area (TPSA) is 9.23 Å². The van der Waals surface area contributed by atoms with E-state index < -0.39 is 0 Å². The van der Waals surface area contributed by atoms with Crippen LogP contribution in [-0.2, 0) is 12.8 Å². The molecule has 0 heterocycles.